The van der Waals surface area contributed by atoms with Gasteiger partial charge in [-0.1, -0.05) is 11.6 Å². The minimum atomic E-state index is -0.00969. The second-order valence-electron chi connectivity index (χ2n) is 5.66. The average molecular weight is 315 g/mol. The van der Waals surface area contributed by atoms with Gasteiger partial charge >= 0.3 is 0 Å². The number of rotatable bonds is 3. The molecular weight excluding hydrogens is 296 g/mol. The molecule has 3 nitrogen and oxygen atoms in total. The topological polar surface area (TPSA) is 46.3 Å². The highest BCUT2D eigenvalue weighted by atomic mass is 35.5. The molecular formula is C18H19ClN2O. The van der Waals surface area contributed by atoms with Gasteiger partial charge in [-0.2, -0.15) is 0 Å². The van der Waals surface area contributed by atoms with Gasteiger partial charge in [0.05, 0.1) is 0 Å². The molecule has 0 radical (unpaired) electrons. The minimum Gasteiger partial charge on any atom is -0.399 e. The molecule has 0 unspecified atom stereocenters. The third-order valence-electron chi connectivity index (χ3n) is 4.07. The van der Waals surface area contributed by atoms with E-state index < -0.39 is 0 Å². The van der Waals surface area contributed by atoms with Crippen molar-refractivity contribution in [3.63, 3.8) is 0 Å². The molecule has 0 saturated carbocycles. The van der Waals surface area contributed by atoms with Crippen LogP contribution in [0, 0.1) is 0 Å². The van der Waals surface area contributed by atoms with Crippen LogP contribution in [0.15, 0.2) is 42.5 Å². The van der Waals surface area contributed by atoms with Gasteiger partial charge < -0.3 is 10.6 Å². The number of nitrogens with zero attached hydrogens (tertiary/aromatic N) is 1. The summed E-state index contributed by atoms with van der Waals surface area (Å²) in [4.78, 5) is 15.1. The zero-order chi connectivity index (χ0) is 15.5. The number of benzene rings is 2. The highest BCUT2D eigenvalue weighted by Crippen LogP contribution is 2.28. The zero-order valence-corrected chi connectivity index (χ0v) is 13.1. The predicted molar refractivity (Wildman–Crippen MR) is 91.8 cm³/mol. The summed E-state index contributed by atoms with van der Waals surface area (Å²) in [5.41, 5.74) is 8.80. The molecule has 2 aromatic carbocycles. The number of carbonyl (C=O) groups is 1. The Labute approximate surface area is 135 Å². The lowest BCUT2D eigenvalue weighted by molar-refractivity contribution is 0.103. The Morgan fingerprint density at radius 3 is 2.36 bits per heavy atom. The fourth-order valence-electron chi connectivity index (χ4n) is 2.90. The van der Waals surface area contributed by atoms with E-state index >= 15 is 0 Å². The standard InChI is InChI=1S/C18H19ClN2O/c19-14-6-4-13(5-7-14)18(22)16-12-15(20)8-9-17(16)21-10-2-1-3-11-21/h4-9,12H,1-3,10-11,20H2. The van der Waals surface area contributed by atoms with Gasteiger partial charge in [0.15, 0.2) is 5.78 Å². The van der Waals surface area contributed by atoms with Crippen molar-refractivity contribution < 1.29 is 4.79 Å². The average Bonchev–Trinajstić information content (AvgIpc) is 2.55. The number of nitrogen functional groups attached to an aromatic ring is 1. The van der Waals surface area contributed by atoms with Gasteiger partial charge in [0.25, 0.3) is 0 Å². The van der Waals surface area contributed by atoms with E-state index in [1.807, 2.05) is 12.1 Å². The Balaban J connectivity index is 1.99. The Kier molecular flexibility index (Phi) is 4.34. The summed E-state index contributed by atoms with van der Waals surface area (Å²) in [6.45, 7) is 1.98. The van der Waals surface area contributed by atoms with Crippen molar-refractivity contribution in [2.24, 2.45) is 0 Å². The number of hydrogen-bond acceptors (Lipinski definition) is 3. The van der Waals surface area contributed by atoms with Crippen LogP contribution in [-0.2, 0) is 0 Å². The molecule has 1 aliphatic rings. The van der Waals surface area contributed by atoms with Crippen molar-refractivity contribution in [3.05, 3.63) is 58.6 Å². The number of halogens is 1. The van der Waals surface area contributed by atoms with Crippen molar-refractivity contribution in [1.29, 1.82) is 0 Å². The molecule has 0 atom stereocenters. The van der Waals surface area contributed by atoms with E-state index in [9.17, 15) is 4.79 Å². The maximum atomic E-state index is 12.8. The molecule has 0 amide bonds. The van der Waals surface area contributed by atoms with E-state index in [1.165, 1.54) is 19.3 Å². The van der Waals surface area contributed by atoms with Crippen LogP contribution in [0.1, 0.15) is 35.2 Å². The fourth-order valence-corrected chi connectivity index (χ4v) is 3.03. The van der Waals surface area contributed by atoms with E-state index in [2.05, 4.69) is 4.90 Å². The quantitative estimate of drug-likeness (QED) is 0.684. The second kappa shape index (κ2) is 6.41. The SMILES string of the molecule is Nc1ccc(N2CCCCC2)c(C(=O)c2ccc(Cl)cc2)c1. The van der Waals surface area contributed by atoms with Gasteiger partial charge in [0.2, 0.25) is 0 Å². The van der Waals surface area contributed by atoms with E-state index in [-0.39, 0.29) is 5.78 Å². The highest BCUT2D eigenvalue weighted by Gasteiger charge is 2.19. The first-order valence-electron chi connectivity index (χ1n) is 7.60. The maximum Gasteiger partial charge on any atom is 0.195 e. The van der Waals surface area contributed by atoms with Crippen LogP contribution in [0.2, 0.25) is 5.02 Å². The summed E-state index contributed by atoms with van der Waals surface area (Å²) in [6, 6.07) is 12.6. The third-order valence-corrected chi connectivity index (χ3v) is 4.32. The lowest BCUT2D eigenvalue weighted by Gasteiger charge is -2.30. The zero-order valence-electron chi connectivity index (χ0n) is 12.4. The summed E-state index contributed by atoms with van der Waals surface area (Å²) < 4.78 is 0. The second-order valence-corrected chi connectivity index (χ2v) is 6.10. The highest BCUT2D eigenvalue weighted by molar-refractivity contribution is 6.30. The van der Waals surface area contributed by atoms with Gasteiger partial charge in [0.1, 0.15) is 0 Å². The Morgan fingerprint density at radius 2 is 1.68 bits per heavy atom. The molecule has 22 heavy (non-hydrogen) atoms. The van der Waals surface area contributed by atoms with Crippen molar-refractivity contribution >= 4 is 28.8 Å². The van der Waals surface area contributed by atoms with E-state index in [0.29, 0.717) is 21.8 Å². The summed E-state index contributed by atoms with van der Waals surface area (Å²) in [6.07, 6.45) is 3.59. The summed E-state index contributed by atoms with van der Waals surface area (Å²) in [5, 5.41) is 0.625. The summed E-state index contributed by atoms with van der Waals surface area (Å²) >= 11 is 5.90. The molecule has 0 spiro atoms. The van der Waals surface area contributed by atoms with Crippen LogP contribution in [0.3, 0.4) is 0 Å². The number of piperidine rings is 1. The first-order valence-corrected chi connectivity index (χ1v) is 7.98. The molecule has 1 heterocycles. The van der Waals surface area contributed by atoms with Crippen molar-refractivity contribution in [3.8, 4) is 0 Å². The summed E-state index contributed by atoms with van der Waals surface area (Å²) in [5.74, 6) is -0.00969. The van der Waals surface area contributed by atoms with E-state index in [4.69, 9.17) is 17.3 Å². The number of hydrogen-bond donors (Lipinski definition) is 1. The molecule has 0 aliphatic carbocycles. The lowest BCUT2D eigenvalue weighted by Crippen LogP contribution is -2.30. The molecule has 3 rings (SSSR count). The number of nitrogens with two attached hydrogens (primary N) is 1. The van der Waals surface area contributed by atoms with E-state index in [1.54, 1.807) is 30.3 Å². The molecule has 2 N–H and O–H groups in total. The molecule has 1 fully saturated rings. The van der Waals surface area contributed by atoms with Crippen LogP contribution in [0.4, 0.5) is 11.4 Å². The van der Waals surface area contributed by atoms with Gasteiger partial charge in [-0.15, -0.1) is 0 Å². The fraction of sp³-hybridized carbons (Fsp3) is 0.278. The van der Waals surface area contributed by atoms with Gasteiger partial charge in [-0.05, 0) is 61.7 Å². The molecule has 0 aromatic heterocycles. The monoisotopic (exact) mass is 314 g/mol. The number of carbonyl (C=O) groups excluding carboxylic acids is 1. The Morgan fingerprint density at radius 1 is 1.00 bits per heavy atom. The smallest absolute Gasteiger partial charge is 0.195 e. The van der Waals surface area contributed by atoms with Gasteiger partial charge in [-0.3, -0.25) is 4.79 Å². The largest absolute Gasteiger partial charge is 0.399 e. The van der Waals surface area contributed by atoms with Gasteiger partial charge in [-0.25, -0.2) is 0 Å². The first kappa shape index (κ1) is 14.9. The van der Waals surface area contributed by atoms with Crippen LogP contribution >= 0.6 is 11.6 Å². The van der Waals surface area contributed by atoms with E-state index in [0.717, 1.165) is 18.8 Å². The predicted octanol–water partition coefficient (Wildman–Crippen LogP) is 4.14. The van der Waals surface area contributed by atoms with Crippen molar-refractivity contribution in [2.75, 3.05) is 23.7 Å². The Hall–Kier alpha value is -2.00. The van der Waals surface area contributed by atoms with Crippen molar-refractivity contribution in [1.82, 2.24) is 0 Å². The normalized spacial score (nSPS) is 14.9. The third kappa shape index (κ3) is 3.09. The van der Waals surface area contributed by atoms with Crippen LogP contribution in [0.5, 0.6) is 0 Å². The summed E-state index contributed by atoms with van der Waals surface area (Å²) in [7, 11) is 0. The molecule has 114 valence electrons. The molecule has 1 aliphatic heterocycles. The molecule has 0 bridgehead atoms. The minimum absolute atomic E-state index is 0.00969. The van der Waals surface area contributed by atoms with Crippen LogP contribution < -0.4 is 10.6 Å². The Bertz CT molecular complexity index is 676. The first-order chi connectivity index (χ1) is 10.6. The maximum absolute atomic E-state index is 12.8. The lowest BCUT2D eigenvalue weighted by atomic mass is 9.99. The van der Waals surface area contributed by atoms with Crippen LogP contribution in [0.25, 0.3) is 0 Å². The van der Waals surface area contributed by atoms with Crippen molar-refractivity contribution in [2.45, 2.75) is 19.3 Å². The molecule has 2 aromatic rings. The van der Waals surface area contributed by atoms with Gasteiger partial charge in [0, 0.05) is 40.6 Å². The number of ketones is 1. The molecule has 1 saturated heterocycles. The number of anilines is 2. The van der Waals surface area contributed by atoms with Crippen LogP contribution in [-0.4, -0.2) is 18.9 Å². The molecule has 4 heteroatoms.